The monoisotopic (exact) mass is 447 g/mol. The molecule has 10 nitrogen and oxygen atoms in total. The highest BCUT2D eigenvalue weighted by atomic mass is 19.1. The van der Waals surface area contributed by atoms with Gasteiger partial charge in [0, 0.05) is 23.1 Å². The number of amides is 1. The lowest BCUT2D eigenvalue weighted by Crippen LogP contribution is -2.65. The molecule has 8 N–H and O–H groups in total. The molecule has 0 spiro atoms. The van der Waals surface area contributed by atoms with Crippen molar-refractivity contribution < 1.29 is 39.2 Å². The molecule has 0 radical (unpaired) electrons. The van der Waals surface area contributed by atoms with E-state index in [1.165, 1.54) is 19.0 Å². The van der Waals surface area contributed by atoms with Gasteiger partial charge in [-0.1, -0.05) is 0 Å². The Balaban J connectivity index is 2.00. The van der Waals surface area contributed by atoms with E-state index < -0.39 is 69.6 Å². The SMILES string of the molecule is CN(C)C1C(=O)C(C(N)=O)=C(O)C2(O)C(=O)C3=C(O)c4c(O)c(N)cc(F)c4CC3CC12. The Labute approximate surface area is 181 Å². The number of aliphatic hydroxyl groups excluding tert-OH is 2. The lowest BCUT2D eigenvalue weighted by Gasteiger charge is -2.50. The third kappa shape index (κ3) is 2.55. The Kier molecular flexibility index (Phi) is 4.61. The first kappa shape index (κ1) is 21.8. The van der Waals surface area contributed by atoms with Gasteiger partial charge in [0.25, 0.3) is 5.91 Å². The molecule has 1 aromatic rings. The van der Waals surface area contributed by atoms with Crippen molar-refractivity contribution in [3.8, 4) is 5.75 Å². The van der Waals surface area contributed by atoms with Crippen LogP contribution in [0, 0.1) is 17.7 Å². The van der Waals surface area contributed by atoms with E-state index in [-0.39, 0.29) is 35.2 Å². The second-order valence-electron chi connectivity index (χ2n) is 8.61. The topological polar surface area (TPSA) is 187 Å². The molecule has 1 fully saturated rings. The third-order valence-electron chi connectivity index (χ3n) is 6.70. The summed E-state index contributed by atoms with van der Waals surface area (Å²) in [4.78, 5) is 39.7. The zero-order chi connectivity index (χ0) is 23.9. The summed E-state index contributed by atoms with van der Waals surface area (Å²) >= 11 is 0. The maximum Gasteiger partial charge on any atom is 0.255 e. The van der Waals surface area contributed by atoms with Gasteiger partial charge < -0.3 is 31.9 Å². The highest BCUT2D eigenvalue weighted by Gasteiger charge is 2.64. The first-order valence-electron chi connectivity index (χ1n) is 9.78. The number of fused-ring (bicyclic) bond motifs is 3. The zero-order valence-electron chi connectivity index (χ0n) is 17.2. The number of phenols is 1. The molecule has 1 saturated carbocycles. The number of nitrogens with two attached hydrogens (primary N) is 2. The Morgan fingerprint density at radius 3 is 2.44 bits per heavy atom. The fraction of sp³-hybridized carbons (Fsp3) is 0.381. The van der Waals surface area contributed by atoms with Crippen LogP contribution in [0.2, 0.25) is 0 Å². The average molecular weight is 447 g/mol. The lowest BCUT2D eigenvalue weighted by molar-refractivity contribution is -0.153. The minimum atomic E-state index is -2.74. The number of nitrogens with zero attached hydrogens (tertiary/aromatic N) is 1. The summed E-state index contributed by atoms with van der Waals surface area (Å²) in [5.74, 6) is -8.79. The van der Waals surface area contributed by atoms with E-state index in [1.54, 1.807) is 0 Å². The summed E-state index contributed by atoms with van der Waals surface area (Å²) in [5.41, 5.74) is 6.02. The second kappa shape index (κ2) is 6.78. The van der Waals surface area contributed by atoms with Gasteiger partial charge in [-0.15, -0.1) is 0 Å². The number of carbonyl (C=O) groups excluding carboxylic acids is 3. The van der Waals surface area contributed by atoms with Gasteiger partial charge in [0.05, 0.1) is 17.3 Å². The summed E-state index contributed by atoms with van der Waals surface area (Å²) in [5, 5.41) is 43.2. The molecule has 4 atom stereocenters. The van der Waals surface area contributed by atoms with E-state index in [9.17, 15) is 39.2 Å². The van der Waals surface area contributed by atoms with E-state index in [0.29, 0.717) is 0 Å². The molecule has 4 rings (SSSR count). The first-order chi connectivity index (χ1) is 14.8. The number of carbonyl (C=O) groups is 3. The van der Waals surface area contributed by atoms with Crippen molar-refractivity contribution in [1.29, 1.82) is 0 Å². The Bertz CT molecular complexity index is 1170. The van der Waals surface area contributed by atoms with Crippen LogP contribution in [0.1, 0.15) is 17.5 Å². The lowest BCUT2D eigenvalue weighted by atomic mass is 9.57. The average Bonchev–Trinajstić information content (AvgIpc) is 2.68. The largest absolute Gasteiger partial charge is 0.508 e. The van der Waals surface area contributed by atoms with Crippen LogP contribution in [0.15, 0.2) is 23.0 Å². The fourth-order valence-electron chi connectivity index (χ4n) is 5.29. The van der Waals surface area contributed by atoms with Crippen molar-refractivity contribution in [1.82, 2.24) is 4.90 Å². The molecule has 3 aliphatic rings. The van der Waals surface area contributed by atoms with E-state index in [1.807, 2.05) is 0 Å². The molecule has 4 unspecified atom stereocenters. The van der Waals surface area contributed by atoms with Crippen LogP contribution in [0.3, 0.4) is 0 Å². The molecular weight excluding hydrogens is 425 g/mol. The van der Waals surface area contributed by atoms with Crippen molar-refractivity contribution >= 4 is 28.9 Å². The molecule has 0 heterocycles. The van der Waals surface area contributed by atoms with Crippen LogP contribution in [0.4, 0.5) is 10.1 Å². The number of aliphatic hydroxyl groups is 3. The van der Waals surface area contributed by atoms with Gasteiger partial charge in [-0.3, -0.25) is 19.3 Å². The number of aromatic hydroxyl groups is 1. The summed E-state index contributed by atoms with van der Waals surface area (Å²) in [6.07, 6.45) is -0.245. The smallest absolute Gasteiger partial charge is 0.255 e. The van der Waals surface area contributed by atoms with Crippen LogP contribution in [0.5, 0.6) is 5.75 Å². The molecule has 0 saturated heterocycles. The highest BCUT2D eigenvalue weighted by Crippen LogP contribution is 2.53. The fourth-order valence-corrected chi connectivity index (χ4v) is 5.29. The number of ketones is 2. The van der Waals surface area contributed by atoms with Gasteiger partial charge in [-0.2, -0.15) is 0 Å². The molecule has 3 aliphatic carbocycles. The number of nitrogen functional groups attached to an aromatic ring is 1. The van der Waals surface area contributed by atoms with Crippen LogP contribution in [-0.2, 0) is 20.8 Å². The highest BCUT2D eigenvalue weighted by molar-refractivity contribution is 6.24. The predicted molar refractivity (Wildman–Crippen MR) is 109 cm³/mol. The summed E-state index contributed by atoms with van der Waals surface area (Å²) in [7, 11) is 2.99. The van der Waals surface area contributed by atoms with E-state index in [2.05, 4.69) is 0 Å². The first-order valence-corrected chi connectivity index (χ1v) is 9.78. The van der Waals surface area contributed by atoms with Gasteiger partial charge in [0.1, 0.15) is 28.7 Å². The van der Waals surface area contributed by atoms with Gasteiger partial charge in [0.15, 0.2) is 11.4 Å². The number of phenolic OH excluding ortho intramolecular Hbond substituents is 1. The quantitative estimate of drug-likeness (QED) is 0.201. The van der Waals surface area contributed by atoms with Crippen LogP contribution in [0.25, 0.3) is 5.76 Å². The molecule has 170 valence electrons. The molecule has 1 amide bonds. The van der Waals surface area contributed by atoms with Gasteiger partial charge in [0.2, 0.25) is 5.78 Å². The minimum Gasteiger partial charge on any atom is -0.508 e. The number of Topliss-reactive ketones (excluding diaryl/α,β-unsaturated/α-hetero) is 2. The third-order valence-corrected chi connectivity index (χ3v) is 6.70. The van der Waals surface area contributed by atoms with E-state index in [4.69, 9.17) is 11.5 Å². The van der Waals surface area contributed by atoms with Crippen molar-refractivity contribution in [2.75, 3.05) is 19.8 Å². The van der Waals surface area contributed by atoms with Crippen molar-refractivity contribution in [2.24, 2.45) is 17.6 Å². The molecular formula is C21H22FN3O7. The number of hydrogen-bond donors (Lipinski definition) is 6. The number of benzene rings is 1. The zero-order valence-corrected chi connectivity index (χ0v) is 17.2. The molecule has 0 aromatic heterocycles. The molecule has 11 heteroatoms. The number of halogens is 1. The number of hydrogen-bond acceptors (Lipinski definition) is 9. The van der Waals surface area contributed by atoms with Gasteiger partial charge >= 0.3 is 0 Å². The number of rotatable bonds is 2. The molecule has 0 bridgehead atoms. The van der Waals surface area contributed by atoms with Crippen LogP contribution >= 0.6 is 0 Å². The number of primary amides is 1. The molecule has 32 heavy (non-hydrogen) atoms. The van der Waals surface area contributed by atoms with Crippen LogP contribution < -0.4 is 11.5 Å². The summed E-state index contributed by atoms with van der Waals surface area (Å²) < 4.78 is 14.6. The van der Waals surface area contributed by atoms with Gasteiger partial charge in [-0.25, -0.2) is 4.39 Å². The second-order valence-corrected chi connectivity index (χ2v) is 8.61. The maximum atomic E-state index is 14.6. The minimum absolute atomic E-state index is 0.0673. The summed E-state index contributed by atoms with van der Waals surface area (Å²) in [6, 6.07) is -0.300. The van der Waals surface area contributed by atoms with Crippen molar-refractivity contribution in [2.45, 2.75) is 24.5 Å². The van der Waals surface area contributed by atoms with Crippen LogP contribution in [-0.4, -0.2) is 68.5 Å². The van der Waals surface area contributed by atoms with Gasteiger partial charge in [-0.05, 0) is 32.9 Å². The number of likely N-dealkylation sites (N-methyl/N-ethyl adjacent to an activating group) is 1. The molecule has 0 aliphatic heterocycles. The Morgan fingerprint density at radius 2 is 1.88 bits per heavy atom. The van der Waals surface area contributed by atoms with Crippen molar-refractivity contribution in [3.63, 3.8) is 0 Å². The maximum absolute atomic E-state index is 14.6. The predicted octanol–water partition coefficient (Wildman–Crippen LogP) is -0.315. The Hall–Kier alpha value is -3.44. The van der Waals surface area contributed by atoms with E-state index >= 15 is 0 Å². The summed E-state index contributed by atoms with van der Waals surface area (Å²) in [6.45, 7) is 0. The number of anilines is 1. The van der Waals surface area contributed by atoms with Crippen molar-refractivity contribution in [3.05, 3.63) is 39.9 Å². The normalized spacial score (nSPS) is 29.7. The van der Waals surface area contributed by atoms with E-state index in [0.717, 1.165) is 6.07 Å². The standard InChI is InChI=1S/C21H22FN3O7/c1-25(2)14-8-4-6-3-7-9(22)5-10(23)15(26)12(7)16(27)11(6)18(29)21(8,32)19(30)13(17(14)28)20(24)31/h5-6,8,14,26-27,30,32H,3-4,23H2,1-2H3,(H2,24,31). The Morgan fingerprint density at radius 1 is 1.25 bits per heavy atom. The molecule has 1 aromatic carbocycles.